The predicted octanol–water partition coefficient (Wildman–Crippen LogP) is 2.98. The first kappa shape index (κ1) is 15.0. The number of fused-ring (bicyclic) bond motifs is 1. The zero-order valence-electron chi connectivity index (χ0n) is 12.0. The molecule has 0 aliphatic heterocycles. The minimum atomic E-state index is 0.311. The van der Waals surface area contributed by atoms with E-state index in [1.807, 2.05) is 43.3 Å². The molecule has 1 aromatic carbocycles. The number of hydrogen-bond acceptors (Lipinski definition) is 4. The maximum Gasteiger partial charge on any atom is 0.134 e. The molecule has 0 aliphatic rings. The van der Waals surface area contributed by atoms with Crippen LogP contribution < -0.4 is 0 Å². The molecule has 0 unspecified atom stereocenters. The summed E-state index contributed by atoms with van der Waals surface area (Å²) in [6.07, 6.45) is 3.77. The van der Waals surface area contributed by atoms with Crippen LogP contribution in [0, 0.1) is 0 Å². The molecule has 0 bridgehead atoms. The van der Waals surface area contributed by atoms with Gasteiger partial charge in [0, 0.05) is 35.9 Å². The molecule has 0 amide bonds. The molecule has 0 atom stereocenters. The number of pyridine rings is 1. The van der Waals surface area contributed by atoms with Crippen LogP contribution in [-0.2, 0) is 11.2 Å². The van der Waals surface area contributed by atoms with Crippen molar-refractivity contribution >= 4 is 29.3 Å². The summed E-state index contributed by atoms with van der Waals surface area (Å²) in [4.78, 5) is 19.1. The van der Waals surface area contributed by atoms with Crippen molar-refractivity contribution in [3.05, 3.63) is 36.0 Å². The number of thiol groups is 1. The maximum absolute atomic E-state index is 11.9. The molecule has 0 radical (unpaired) electrons. The van der Waals surface area contributed by atoms with Crippen LogP contribution in [0.25, 0.3) is 10.9 Å². The van der Waals surface area contributed by atoms with Crippen LogP contribution in [0.3, 0.4) is 0 Å². The first-order chi connectivity index (χ1) is 9.58. The number of ketones is 1. The Balaban J connectivity index is 2.07. The number of para-hydroxylation sites is 1. The minimum absolute atomic E-state index is 0.311. The molecule has 0 fully saturated rings. The lowest BCUT2D eigenvalue weighted by Crippen LogP contribution is -2.16. The number of aryl methyl sites for hydroxylation is 1. The highest BCUT2D eigenvalue weighted by Gasteiger charge is 2.07. The molecular weight excluding hydrogens is 268 g/mol. The third kappa shape index (κ3) is 3.81. The van der Waals surface area contributed by atoms with Gasteiger partial charge in [-0.1, -0.05) is 12.1 Å². The number of carbonyl (C=O) groups is 1. The molecule has 0 saturated heterocycles. The molecule has 0 spiro atoms. The van der Waals surface area contributed by atoms with Gasteiger partial charge in [0.1, 0.15) is 5.78 Å². The van der Waals surface area contributed by atoms with Crippen molar-refractivity contribution in [2.45, 2.75) is 24.2 Å². The molecule has 3 nitrogen and oxygen atoms in total. The zero-order valence-corrected chi connectivity index (χ0v) is 12.9. The van der Waals surface area contributed by atoms with Crippen molar-refractivity contribution < 1.29 is 4.79 Å². The van der Waals surface area contributed by atoms with Gasteiger partial charge in [0.05, 0.1) is 5.52 Å². The van der Waals surface area contributed by atoms with Gasteiger partial charge in [0.2, 0.25) is 0 Å². The standard InChI is InChI=1S/C16H20N2OS/c1-18(2)11-9-13(19)7-6-12-8-10-17-16-14(12)4-3-5-15(16)20/h3-5,8,10,20H,6-7,9,11H2,1-2H3. The van der Waals surface area contributed by atoms with Crippen LogP contribution in [0.1, 0.15) is 18.4 Å². The molecular formula is C16H20N2OS. The van der Waals surface area contributed by atoms with E-state index >= 15 is 0 Å². The largest absolute Gasteiger partial charge is 0.309 e. The van der Waals surface area contributed by atoms with Gasteiger partial charge in [-0.25, -0.2) is 0 Å². The average Bonchev–Trinajstić information content (AvgIpc) is 2.43. The Morgan fingerprint density at radius 2 is 2.05 bits per heavy atom. The second-order valence-electron chi connectivity index (χ2n) is 5.24. The van der Waals surface area contributed by atoms with Gasteiger partial charge >= 0.3 is 0 Å². The number of hydrogen-bond donors (Lipinski definition) is 1. The quantitative estimate of drug-likeness (QED) is 0.830. The van der Waals surface area contributed by atoms with Crippen molar-refractivity contribution in [2.75, 3.05) is 20.6 Å². The number of rotatable bonds is 6. The summed E-state index contributed by atoms with van der Waals surface area (Å²) < 4.78 is 0. The molecule has 1 aromatic heterocycles. The summed E-state index contributed by atoms with van der Waals surface area (Å²) in [5, 5.41) is 1.10. The summed E-state index contributed by atoms with van der Waals surface area (Å²) in [7, 11) is 3.97. The molecule has 2 rings (SSSR count). The van der Waals surface area contributed by atoms with Gasteiger partial charge in [-0.15, -0.1) is 12.6 Å². The Bertz CT molecular complexity index is 610. The fourth-order valence-electron chi connectivity index (χ4n) is 2.18. The monoisotopic (exact) mass is 288 g/mol. The molecule has 1 heterocycles. The molecule has 106 valence electrons. The van der Waals surface area contributed by atoms with Crippen molar-refractivity contribution in [3.8, 4) is 0 Å². The van der Waals surface area contributed by atoms with E-state index in [0.29, 0.717) is 18.6 Å². The van der Waals surface area contributed by atoms with Crippen LogP contribution in [0.4, 0.5) is 0 Å². The van der Waals surface area contributed by atoms with E-state index < -0.39 is 0 Å². The summed E-state index contributed by atoms with van der Waals surface area (Å²) in [6.45, 7) is 0.816. The van der Waals surface area contributed by atoms with E-state index in [-0.39, 0.29) is 0 Å². The lowest BCUT2D eigenvalue weighted by Gasteiger charge is -2.09. The Kier molecular flexibility index (Phi) is 5.15. The van der Waals surface area contributed by atoms with E-state index in [0.717, 1.165) is 28.8 Å². The van der Waals surface area contributed by atoms with Crippen molar-refractivity contribution in [1.82, 2.24) is 9.88 Å². The Hall–Kier alpha value is -1.39. The van der Waals surface area contributed by atoms with Gasteiger partial charge in [0.25, 0.3) is 0 Å². The molecule has 2 aromatic rings. The van der Waals surface area contributed by atoms with E-state index in [4.69, 9.17) is 0 Å². The van der Waals surface area contributed by atoms with Gasteiger partial charge < -0.3 is 4.90 Å². The number of carbonyl (C=O) groups excluding carboxylic acids is 1. The summed E-state index contributed by atoms with van der Waals surface area (Å²) in [6, 6.07) is 7.95. The Morgan fingerprint density at radius 1 is 1.25 bits per heavy atom. The van der Waals surface area contributed by atoms with Crippen LogP contribution in [0.5, 0.6) is 0 Å². The second kappa shape index (κ2) is 6.86. The second-order valence-corrected chi connectivity index (χ2v) is 5.72. The molecule has 0 saturated carbocycles. The summed E-state index contributed by atoms with van der Waals surface area (Å²) in [5.74, 6) is 0.311. The fourth-order valence-corrected chi connectivity index (χ4v) is 2.45. The highest BCUT2D eigenvalue weighted by molar-refractivity contribution is 7.80. The summed E-state index contributed by atoms with van der Waals surface area (Å²) in [5.41, 5.74) is 2.08. The topological polar surface area (TPSA) is 33.2 Å². The average molecular weight is 288 g/mol. The van der Waals surface area contributed by atoms with Gasteiger partial charge in [-0.2, -0.15) is 0 Å². The Labute approximate surface area is 125 Å². The van der Waals surface area contributed by atoms with E-state index in [1.54, 1.807) is 6.20 Å². The lowest BCUT2D eigenvalue weighted by atomic mass is 10.0. The summed E-state index contributed by atoms with van der Waals surface area (Å²) >= 11 is 4.43. The lowest BCUT2D eigenvalue weighted by molar-refractivity contribution is -0.119. The van der Waals surface area contributed by atoms with Crippen molar-refractivity contribution in [1.29, 1.82) is 0 Å². The molecule has 0 aliphatic carbocycles. The van der Waals surface area contributed by atoms with Gasteiger partial charge in [-0.3, -0.25) is 9.78 Å². The maximum atomic E-state index is 11.9. The fraction of sp³-hybridized carbons (Fsp3) is 0.375. The molecule has 20 heavy (non-hydrogen) atoms. The van der Waals surface area contributed by atoms with Crippen LogP contribution >= 0.6 is 12.6 Å². The van der Waals surface area contributed by atoms with Crippen LogP contribution in [0.2, 0.25) is 0 Å². The first-order valence-corrected chi connectivity index (χ1v) is 7.24. The smallest absolute Gasteiger partial charge is 0.134 e. The zero-order chi connectivity index (χ0) is 14.5. The minimum Gasteiger partial charge on any atom is -0.309 e. The SMILES string of the molecule is CN(C)CCC(=O)CCc1ccnc2c(S)cccc12. The normalized spacial score (nSPS) is 11.2. The predicted molar refractivity (Wildman–Crippen MR) is 85.5 cm³/mol. The van der Waals surface area contributed by atoms with E-state index in [9.17, 15) is 4.79 Å². The molecule has 4 heteroatoms. The highest BCUT2D eigenvalue weighted by Crippen LogP contribution is 2.23. The number of nitrogens with zero attached hydrogens (tertiary/aromatic N) is 2. The van der Waals surface area contributed by atoms with E-state index in [1.165, 1.54) is 5.56 Å². The first-order valence-electron chi connectivity index (χ1n) is 6.80. The number of Topliss-reactive ketones (excluding diaryl/α,β-unsaturated/α-hetero) is 1. The van der Waals surface area contributed by atoms with Crippen LogP contribution in [-0.4, -0.2) is 36.3 Å². The third-order valence-corrected chi connectivity index (χ3v) is 3.71. The van der Waals surface area contributed by atoms with Crippen molar-refractivity contribution in [2.24, 2.45) is 0 Å². The van der Waals surface area contributed by atoms with Gasteiger partial charge in [-0.05, 0) is 38.2 Å². The number of aromatic nitrogens is 1. The van der Waals surface area contributed by atoms with Crippen molar-refractivity contribution in [3.63, 3.8) is 0 Å². The number of benzene rings is 1. The van der Waals surface area contributed by atoms with E-state index in [2.05, 4.69) is 17.6 Å². The molecule has 0 N–H and O–H groups in total. The van der Waals surface area contributed by atoms with Gasteiger partial charge in [0.15, 0.2) is 0 Å². The highest BCUT2D eigenvalue weighted by atomic mass is 32.1. The Morgan fingerprint density at radius 3 is 2.80 bits per heavy atom. The third-order valence-electron chi connectivity index (χ3n) is 3.35. The van der Waals surface area contributed by atoms with Crippen LogP contribution in [0.15, 0.2) is 35.4 Å².